The van der Waals surface area contributed by atoms with E-state index < -0.39 is 0 Å². The largest absolute Gasteiger partial charge is 0.294 e. The average molecular weight is 188 g/mol. The molecule has 1 fully saturated rings. The van der Waals surface area contributed by atoms with Gasteiger partial charge in [0.15, 0.2) is 11.6 Å². The highest BCUT2D eigenvalue weighted by Crippen LogP contribution is 2.51. The van der Waals surface area contributed by atoms with E-state index in [4.69, 9.17) is 0 Å². The van der Waals surface area contributed by atoms with Crippen LogP contribution in [0, 0.1) is 23.7 Å². The van der Waals surface area contributed by atoms with Crippen LogP contribution in [0.3, 0.4) is 0 Å². The van der Waals surface area contributed by atoms with Crippen LogP contribution < -0.4 is 0 Å². The Morgan fingerprint density at radius 2 is 1.79 bits per heavy atom. The highest BCUT2D eigenvalue weighted by atomic mass is 16.1. The lowest BCUT2D eigenvalue weighted by atomic mass is 9.72. The van der Waals surface area contributed by atoms with Crippen molar-refractivity contribution < 1.29 is 9.59 Å². The van der Waals surface area contributed by atoms with E-state index in [-0.39, 0.29) is 23.4 Å². The smallest absolute Gasteiger partial charge is 0.163 e. The number of carbonyl (C=O) groups is 2. The van der Waals surface area contributed by atoms with Gasteiger partial charge in [-0.25, -0.2) is 0 Å². The second kappa shape index (κ2) is 2.44. The van der Waals surface area contributed by atoms with E-state index in [1.807, 2.05) is 0 Å². The van der Waals surface area contributed by atoms with E-state index in [0.29, 0.717) is 17.4 Å². The molecule has 0 amide bonds. The van der Waals surface area contributed by atoms with Gasteiger partial charge in [0.25, 0.3) is 0 Å². The number of hydrogen-bond acceptors (Lipinski definition) is 2. The van der Waals surface area contributed by atoms with E-state index in [9.17, 15) is 9.59 Å². The fraction of sp³-hybridized carbons (Fsp3) is 0.500. The van der Waals surface area contributed by atoms with Crippen LogP contribution in [0.5, 0.6) is 0 Å². The molecule has 3 aliphatic carbocycles. The van der Waals surface area contributed by atoms with Crippen molar-refractivity contribution in [3.8, 4) is 0 Å². The van der Waals surface area contributed by atoms with Crippen LogP contribution in [0.1, 0.15) is 13.3 Å². The lowest BCUT2D eigenvalue weighted by Gasteiger charge is -2.28. The van der Waals surface area contributed by atoms with Crippen LogP contribution in [-0.4, -0.2) is 11.6 Å². The van der Waals surface area contributed by atoms with Crippen LogP contribution in [0.15, 0.2) is 23.8 Å². The predicted octanol–water partition coefficient (Wildman–Crippen LogP) is 1.52. The van der Waals surface area contributed by atoms with Gasteiger partial charge in [-0.2, -0.15) is 0 Å². The van der Waals surface area contributed by atoms with Gasteiger partial charge in [-0.3, -0.25) is 9.59 Å². The molecule has 0 aliphatic heterocycles. The summed E-state index contributed by atoms with van der Waals surface area (Å²) >= 11 is 0. The number of Topliss-reactive ketones (excluding diaryl/α,β-unsaturated/α-hetero) is 1. The van der Waals surface area contributed by atoms with Crippen LogP contribution in [0.4, 0.5) is 0 Å². The molecule has 1 saturated carbocycles. The topological polar surface area (TPSA) is 34.1 Å². The summed E-state index contributed by atoms with van der Waals surface area (Å²) in [5, 5.41) is 0. The van der Waals surface area contributed by atoms with Crippen LogP contribution in [-0.2, 0) is 9.59 Å². The first-order valence-corrected chi connectivity index (χ1v) is 5.13. The van der Waals surface area contributed by atoms with E-state index in [1.54, 1.807) is 6.92 Å². The summed E-state index contributed by atoms with van der Waals surface area (Å²) < 4.78 is 0. The van der Waals surface area contributed by atoms with Crippen molar-refractivity contribution in [3.05, 3.63) is 23.8 Å². The fourth-order valence-corrected chi connectivity index (χ4v) is 3.21. The Kier molecular flexibility index (Phi) is 1.42. The Morgan fingerprint density at radius 1 is 1.14 bits per heavy atom. The number of carbonyl (C=O) groups excluding carboxylic acids is 2. The van der Waals surface area contributed by atoms with Gasteiger partial charge >= 0.3 is 0 Å². The molecule has 0 saturated heterocycles. The minimum Gasteiger partial charge on any atom is -0.294 e. The van der Waals surface area contributed by atoms with Gasteiger partial charge < -0.3 is 0 Å². The van der Waals surface area contributed by atoms with Crippen molar-refractivity contribution in [1.82, 2.24) is 0 Å². The number of allylic oxidation sites excluding steroid dienone is 4. The third-order valence-corrected chi connectivity index (χ3v) is 3.84. The minimum atomic E-state index is -0.0267. The molecule has 0 radical (unpaired) electrons. The molecule has 0 aromatic heterocycles. The summed E-state index contributed by atoms with van der Waals surface area (Å²) in [6.45, 7) is 1.76. The molecule has 4 atom stereocenters. The number of fused-ring (bicyclic) bond motifs is 5. The Hall–Kier alpha value is -1.18. The molecule has 2 nitrogen and oxygen atoms in total. The predicted molar refractivity (Wildman–Crippen MR) is 51.5 cm³/mol. The minimum absolute atomic E-state index is 0.0255. The Balaban J connectivity index is 2.10. The summed E-state index contributed by atoms with van der Waals surface area (Å²) in [6, 6.07) is 0. The maximum absolute atomic E-state index is 11.9. The maximum Gasteiger partial charge on any atom is 0.163 e. The van der Waals surface area contributed by atoms with Gasteiger partial charge in [0, 0.05) is 11.8 Å². The molecule has 0 aromatic carbocycles. The van der Waals surface area contributed by atoms with Gasteiger partial charge in [-0.05, 0) is 36.8 Å². The molecule has 14 heavy (non-hydrogen) atoms. The summed E-state index contributed by atoms with van der Waals surface area (Å²) in [6.07, 6.45) is 6.78. The fourth-order valence-electron chi connectivity index (χ4n) is 3.21. The average Bonchev–Trinajstić information content (AvgIpc) is 2.73. The molecule has 0 unspecified atom stereocenters. The van der Waals surface area contributed by atoms with Crippen molar-refractivity contribution in [1.29, 1.82) is 0 Å². The van der Waals surface area contributed by atoms with Crippen LogP contribution >= 0.6 is 0 Å². The van der Waals surface area contributed by atoms with Gasteiger partial charge in [-0.15, -0.1) is 0 Å². The number of rotatable bonds is 0. The summed E-state index contributed by atoms with van der Waals surface area (Å²) in [4.78, 5) is 23.6. The highest BCUT2D eigenvalue weighted by molar-refractivity contribution is 6.11. The first kappa shape index (κ1) is 8.16. The lowest BCUT2D eigenvalue weighted by molar-refractivity contribution is -0.130. The standard InChI is InChI=1S/C12H12O2/c1-6-4-9(13)10-7-2-3-8(5-7)11(10)12(6)14/h2-4,7-8,10-11H,5H2,1H3/t7-,8-,10+,11+/m0/s1. The molecule has 0 aromatic rings. The van der Waals surface area contributed by atoms with E-state index in [0.717, 1.165) is 6.42 Å². The molecular weight excluding hydrogens is 176 g/mol. The molecule has 0 N–H and O–H groups in total. The molecule has 2 bridgehead atoms. The third kappa shape index (κ3) is 0.813. The summed E-state index contributed by atoms with van der Waals surface area (Å²) in [5.41, 5.74) is 0.650. The third-order valence-electron chi connectivity index (χ3n) is 3.84. The zero-order valence-corrected chi connectivity index (χ0v) is 8.07. The van der Waals surface area contributed by atoms with Crippen molar-refractivity contribution in [2.75, 3.05) is 0 Å². The van der Waals surface area contributed by atoms with Gasteiger partial charge in [0.2, 0.25) is 0 Å². The number of ketones is 2. The molecular formula is C12H12O2. The summed E-state index contributed by atoms with van der Waals surface area (Å²) in [7, 11) is 0. The molecule has 0 heterocycles. The van der Waals surface area contributed by atoms with Crippen LogP contribution in [0.25, 0.3) is 0 Å². The van der Waals surface area contributed by atoms with Gasteiger partial charge in [0.05, 0.1) is 0 Å². The van der Waals surface area contributed by atoms with Crippen molar-refractivity contribution in [2.45, 2.75) is 13.3 Å². The monoisotopic (exact) mass is 188 g/mol. The van der Waals surface area contributed by atoms with Crippen molar-refractivity contribution in [3.63, 3.8) is 0 Å². The van der Waals surface area contributed by atoms with E-state index >= 15 is 0 Å². The Morgan fingerprint density at radius 3 is 2.50 bits per heavy atom. The van der Waals surface area contributed by atoms with Crippen molar-refractivity contribution >= 4 is 11.6 Å². The quantitative estimate of drug-likeness (QED) is 0.540. The zero-order chi connectivity index (χ0) is 9.87. The lowest BCUT2D eigenvalue weighted by Crippen LogP contribution is -2.36. The molecule has 72 valence electrons. The zero-order valence-electron chi connectivity index (χ0n) is 8.07. The van der Waals surface area contributed by atoms with Crippen molar-refractivity contribution in [2.24, 2.45) is 23.7 Å². The first-order chi connectivity index (χ1) is 6.68. The second-order valence-electron chi connectivity index (χ2n) is 4.59. The van der Waals surface area contributed by atoms with Crippen LogP contribution in [0.2, 0.25) is 0 Å². The normalized spacial score (nSPS) is 44.2. The van der Waals surface area contributed by atoms with E-state index in [2.05, 4.69) is 12.2 Å². The van der Waals surface area contributed by atoms with E-state index in [1.165, 1.54) is 6.08 Å². The SMILES string of the molecule is CC1=CC(=O)[C@@H]2[C@H](C1=O)[C@H]1C=C[C@H]2C1. The maximum atomic E-state index is 11.9. The molecule has 2 heteroatoms. The second-order valence-corrected chi connectivity index (χ2v) is 4.59. The van der Waals surface area contributed by atoms with Gasteiger partial charge in [0.1, 0.15) is 0 Å². The highest BCUT2D eigenvalue weighted by Gasteiger charge is 2.52. The molecule has 0 spiro atoms. The Labute approximate surface area is 82.7 Å². The molecule has 3 aliphatic rings. The summed E-state index contributed by atoms with van der Waals surface area (Å²) in [5.74, 6) is 0.995. The molecule has 3 rings (SSSR count). The first-order valence-electron chi connectivity index (χ1n) is 5.13. The Bertz CT molecular complexity index is 389. The van der Waals surface area contributed by atoms with Gasteiger partial charge in [-0.1, -0.05) is 12.2 Å². The number of hydrogen-bond donors (Lipinski definition) is 0.